The third-order valence-corrected chi connectivity index (χ3v) is 7.47. The van der Waals surface area contributed by atoms with Gasteiger partial charge in [-0.05, 0) is 94.1 Å². The fourth-order valence-electron chi connectivity index (χ4n) is 3.87. The smallest absolute Gasteiger partial charge is 0.316 e. The topological polar surface area (TPSA) is 183 Å². The van der Waals surface area contributed by atoms with Gasteiger partial charge in [-0.1, -0.05) is 6.07 Å². The molecule has 1 unspecified atom stereocenters. The lowest BCUT2D eigenvalue weighted by Gasteiger charge is -2.12. The van der Waals surface area contributed by atoms with Crippen LogP contribution in [0.25, 0.3) is 10.8 Å². The van der Waals surface area contributed by atoms with Gasteiger partial charge in [-0.3, -0.25) is 4.21 Å². The number of fused-ring (bicyclic) bond motifs is 1. The van der Waals surface area contributed by atoms with E-state index in [-0.39, 0.29) is 27.8 Å². The zero-order chi connectivity index (χ0) is 30.7. The summed E-state index contributed by atoms with van der Waals surface area (Å²) in [5.74, 6) is 0.124. The summed E-state index contributed by atoms with van der Waals surface area (Å²) in [6.45, 7) is 0. The molecule has 0 aliphatic carbocycles. The Hall–Kier alpha value is -3.93. The van der Waals surface area contributed by atoms with Gasteiger partial charge in [0.05, 0.1) is 11.4 Å². The molecule has 2 amide bonds. The molecule has 5 rings (SSSR count). The third kappa shape index (κ3) is 7.73. The lowest BCUT2D eigenvalue weighted by molar-refractivity contribution is 0.259. The van der Waals surface area contributed by atoms with Crippen LogP contribution in [0.4, 0.5) is 45.1 Å². The third-order valence-electron chi connectivity index (χ3n) is 5.68. The number of carbonyl (C=O) groups is 1. The zero-order valence-corrected chi connectivity index (χ0v) is 25.8. The minimum atomic E-state index is -2.41. The molecular formula is C26H19ClN9O3S4-. The van der Waals surface area contributed by atoms with Crippen molar-refractivity contribution in [3.05, 3.63) is 72.0 Å². The Morgan fingerprint density at radius 3 is 2.26 bits per heavy atom. The summed E-state index contributed by atoms with van der Waals surface area (Å²) in [4.78, 5) is 26.3. The maximum absolute atomic E-state index is 11.8. The van der Waals surface area contributed by atoms with Gasteiger partial charge in [0.2, 0.25) is 17.2 Å². The van der Waals surface area contributed by atoms with Crippen molar-refractivity contribution in [2.24, 2.45) is 16.0 Å². The number of anilines is 5. The number of thiol groups is 3. The number of aromatic nitrogens is 3. The average molecular weight is 669 g/mol. The lowest BCUT2D eigenvalue weighted by Crippen LogP contribution is -2.19. The van der Waals surface area contributed by atoms with Crippen molar-refractivity contribution in [1.29, 1.82) is 0 Å². The number of hydrogen-bond acceptors (Lipinski definition) is 13. The molecule has 218 valence electrons. The van der Waals surface area contributed by atoms with Gasteiger partial charge < -0.3 is 26.2 Å². The molecule has 0 radical (unpaired) electrons. The number of primary amides is 1. The maximum atomic E-state index is 11.8. The Bertz CT molecular complexity index is 1940. The van der Waals surface area contributed by atoms with Gasteiger partial charge in [-0.25, -0.2) is 4.79 Å². The summed E-state index contributed by atoms with van der Waals surface area (Å²) in [7, 11) is 0. The van der Waals surface area contributed by atoms with Crippen molar-refractivity contribution in [3.8, 4) is 0 Å². The molecule has 0 fully saturated rings. The number of benzene rings is 4. The number of nitrogens with one attached hydrogen (secondary N) is 3. The van der Waals surface area contributed by atoms with Crippen LogP contribution < -0.4 is 21.7 Å². The molecule has 0 bridgehead atoms. The number of nitrogens with zero attached hydrogens (tertiary/aromatic N) is 5. The van der Waals surface area contributed by atoms with E-state index in [4.69, 9.17) is 17.3 Å². The van der Waals surface area contributed by atoms with Crippen molar-refractivity contribution in [1.82, 2.24) is 15.0 Å². The van der Waals surface area contributed by atoms with Crippen molar-refractivity contribution < 1.29 is 13.6 Å². The highest BCUT2D eigenvalue weighted by molar-refractivity contribution is 7.81. The second-order valence-corrected chi connectivity index (χ2v) is 11.5. The van der Waals surface area contributed by atoms with Crippen LogP contribution in [0.3, 0.4) is 0 Å². The van der Waals surface area contributed by atoms with E-state index in [9.17, 15) is 13.6 Å². The number of halogens is 1. The number of urea groups is 1. The lowest BCUT2D eigenvalue weighted by atomic mass is 10.1. The number of rotatable bonds is 8. The highest BCUT2D eigenvalue weighted by Gasteiger charge is 2.11. The monoisotopic (exact) mass is 668 g/mol. The van der Waals surface area contributed by atoms with E-state index in [1.807, 2.05) is 18.2 Å². The first-order valence-corrected chi connectivity index (χ1v) is 14.8. The summed E-state index contributed by atoms with van der Waals surface area (Å²) in [5.41, 5.74) is 7.30. The van der Waals surface area contributed by atoms with E-state index in [2.05, 4.69) is 79.0 Å². The SMILES string of the molecule is NC(=O)Nc1cc(Nc2nc(Cl)nc(Nc3cccc(S(=O)[O-])c3)n2)ccc1N=Nc1cc2c(S)cc(S)cc2cc1S. The Balaban J connectivity index is 1.41. The van der Waals surface area contributed by atoms with E-state index in [1.165, 1.54) is 12.1 Å². The van der Waals surface area contributed by atoms with Crippen LogP contribution in [-0.4, -0.2) is 29.7 Å². The van der Waals surface area contributed by atoms with Crippen LogP contribution in [0, 0.1) is 0 Å². The van der Waals surface area contributed by atoms with Gasteiger partial charge in [-0.2, -0.15) is 15.0 Å². The van der Waals surface area contributed by atoms with E-state index >= 15 is 0 Å². The molecule has 1 atom stereocenters. The first kappa shape index (κ1) is 30.5. The quantitative estimate of drug-likeness (QED) is 0.0515. The summed E-state index contributed by atoms with van der Waals surface area (Å²) < 4.78 is 22.6. The molecule has 0 saturated heterocycles. The van der Waals surface area contributed by atoms with Gasteiger partial charge in [-0.15, -0.1) is 48.1 Å². The molecule has 43 heavy (non-hydrogen) atoms. The van der Waals surface area contributed by atoms with E-state index in [0.717, 1.165) is 20.6 Å². The molecule has 17 heteroatoms. The first-order valence-electron chi connectivity index (χ1n) is 12.0. The van der Waals surface area contributed by atoms with E-state index < -0.39 is 17.1 Å². The van der Waals surface area contributed by atoms with Crippen LogP contribution in [0.1, 0.15) is 0 Å². The largest absolute Gasteiger partial charge is 0.768 e. The molecule has 1 heterocycles. The van der Waals surface area contributed by atoms with E-state index in [1.54, 1.807) is 36.4 Å². The van der Waals surface area contributed by atoms with Crippen LogP contribution in [0.2, 0.25) is 5.28 Å². The van der Waals surface area contributed by atoms with Gasteiger partial charge in [0.1, 0.15) is 5.69 Å². The van der Waals surface area contributed by atoms with E-state index in [0.29, 0.717) is 27.6 Å². The standard InChI is InChI=1S/C26H20ClN9O3S4/c27-23-32-25(29-13-2-1-3-16(8-13)43(38)39)34-26(33-23)30-14-4-5-18(19(9-14)31-24(28)37)35-36-20-11-17-12(7-22(20)42)6-15(40)10-21(17)41/h1-11,40-42H,(H,38,39)(H3,28,31,37)(H2,29,30,32,33,34)/p-1. The van der Waals surface area contributed by atoms with Crippen molar-refractivity contribution in [2.75, 3.05) is 16.0 Å². The minimum Gasteiger partial charge on any atom is -0.768 e. The molecule has 4 aromatic carbocycles. The highest BCUT2D eigenvalue weighted by atomic mass is 35.5. The number of nitrogens with two attached hydrogens (primary N) is 1. The maximum Gasteiger partial charge on any atom is 0.316 e. The molecule has 5 N–H and O–H groups in total. The molecule has 0 aliphatic rings. The highest BCUT2D eigenvalue weighted by Crippen LogP contribution is 2.36. The molecule has 0 spiro atoms. The Morgan fingerprint density at radius 1 is 0.860 bits per heavy atom. The Morgan fingerprint density at radius 2 is 1.56 bits per heavy atom. The normalized spacial score (nSPS) is 11.9. The zero-order valence-electron chi connectivity index (χ0n) is 21.5. The van der Waals surface area contributed by atoms with Crippen LogP contribution in [-0.2, 0) is 11.1 Å². The predicted molar refractivity (Wildman–Crippen MR) is 175 cm³/mol. The van der Waals surface area contributed by atoms with Crippen molar-refractivity contribution in [3.63, 3.8) is 0 Å². The summed E-state index contributed by atoms with van der Waals surface area (Å²) >= 11 is 17.2. The minimum absolute atomic E-state index is 0.0603. The second kappa shape index (κ2) is 13.2. The van der Waals surface area contributed by atoms with Gasteiger partial charge in [0.25, 0.3) is 0 Å². The van der Waals surface area contributed by atoms with Gasteiger partial charge in [0, 0.05) is 31.0 Å². The molecule has 0 saturated carbocycles. The fourth-order valence-corrected chi connectivity index (χ4v) is 5.40. The number of amides is 2. The number of hydrogen-bond donors (Lipinski definition) is 7. The molecule has 1 aromatic heterocycles. The molecular weight excluding hydrogens is 650 g/mol. The van der Waals surface area contributed by atoms with Gasteiger partial charge >= 0.3 is 6.03 Å². The van der Waals surface area contributed by atoms with Gasteiger partial charge in [0.15, 0.2) is 0 Å². The van der Waals surface area contributed by atoms with Crippen LogP contribution in [0.5, 0.6) is 0 Å². The Labute approximate surface area is 268 Å². The second-order valence-electron chi connectivity index (χ2n) is 8.71. The van der Waals surface area contributed by atoms with Crippen LogP contribution in [0.15, 0.2) is 96.5 Å². The first-order chi connectivity index (χ1) is 20.5. The number of azo groups is 1. The summed E-state index contributed by atoms with van der Waals surface area (Å²) in [6.07, 6.45) is 0. The van der Waals surface area contributed by atoms with Crippen LogP contribution >= 0.6 is 49.5 Å². The fraction of sp³-hybridized carbons (Fsp3) is 0. The molecule has 5 aromatic rings. The summed E-state index contributed by atoms with van der Waals surface area (Å²) in [5, 5.41) is 18.7. The average Bonchev–Trinajstić information content (AvgIpc) is 2.92. The Kier molecular flexibility index (Phi) is 9.34. The summed E-state index contributed by atoms with van der Waals surface area (Å²) in [6, 6.07) is 17.4. The van der Waals surface area contributed by atoms with Crippen molar-refractivity contribution in [2.45, 2.75) is 19.6 Å². The van der Waals surface area contributed by atoms with Crippen molar-refractivity contribution >= 4 is 118 Å². The molecule has 0 aliphatic heterocycles. The number of carbonyl (C=O) groups excluding carboxylic acids is 1. The molecule has 12 nitrogen and oxygen atoms in total. The predicted octanol–water partition coefficient (Wildman–Crippen LogP) is 7.18.